The van der Waals surface area contributed by atoms with Gasteiger partial charge in [-0.2, -0.15) is 4.98 Å². The van der Waals surface area contributed by atoms with Gasteiger partial charge in [-0.25, -0.2) is 4.79 Å². The van der Waals surface area contributed by atoms with Gasteiger partial charge in [0.2, 0.25) is 0 Å². The fourth-order valence-corrected chi connectivity index (χ4v) is 3.83. The predicted molar refractivity (Wildman–Crippen MR) is 117 cm³/mol. The number of nitrogen functional groups attached to an aromatic ring is 1. The van der Waals surface area contributed by atoms with Gasteiger partial charge >= 0.3 is 5.69 Å². The maximum absolute atomic E-state index is 12.4. The van der Waals surface area contributed by atoms with Crippen LogP contribution in [0.1, 0.15) is 17.2 Å². The first-order valence-electron chi connectivity index (χ1n) is 10.4. The third-order valence-electron chi connectivity index (χ3n) is 5.48. The van der Waals surface area contributed by atoms with Crippen LogP contribution in [0, 0.1) is 5.92 Å². The molecule has 1 aliphatic rings. The van der Waals surface area contributed by atoms with E-state index in [4.69, 9.17) is 19.9 Å². The Labute approximate surface area is 181 Å². The molecular formula is C24H27N3O4. The lowest BCUT2D eigenvalue weighted by molar-refractivity contribution is -0.0240. The second-order valence-corrected chi connectivity index (χ2v) is 7.65. The Morgan fingerprint density at radius 2 is 1.55 bits per heavy atom. The van der Waals surface area contributed by atoms with Gasteiger partial charge in [0.25, 0.3) is 0 Å². The molecule has 0 spiro atoms. The maximum Gasteiger partial charge on any atom is 0.349 e. The number of anilines is 1. The molecule has 0 aliphatic carbocycles. The number of hydrogen-bond acceptors (Lipinski definition) is 6. The third-order valence-corrected chi connectivity index (χ3v) is 5.48. The van der Waals surface area contributed by atoms with Gasteiger partial charge in [0.15, 0.2) is 0 Å². The second kappa shape index (κ2) is 10.3. The highest BCUT2D eigenvalue weighted by atomic mass is 16.5. The monoisotopic (exact) mass is 421 g/mol. The van der Waals surface area contributed by atoms with Crippen LogP contribution >= 0.6 is 0 Å². The molecule has 0 radical (unpaired) electrons. The Kier molecular flexibility index (Phi) is 7.09. The van der Waals surface area contributed by atoms with Crippen LogP contribution in [0.25, 0.3) is 0 Å². The van der Waals surface area contributed by atoms with E-state index in [2.05, 4.69) is 4.98 Å². The van der Waals surface area contributed by atoms with Crippen molar-refractivity contribution in [1.82, 2.24) is 9.55 Å². The minimum Gasteiger partial charge on any atom is -0.383 e. The molecule has 162 valence electrons. The summed E-state index contributed by atoms with van der Waals surface area (Å²) in [7, 11) is 0. The van der Waals surface area contributed by atoms with Gasteiger partial charge in [0.1, 0.15) is 5.82 Å². The molecule has 0 bridgehead atoms. The van der Waals surface area contributed by atoms with E-state index in [1.54, 1.807) is 16.8 Å². The van der Waals surface area contributed by atoms with Crippen molar-refractivity contribution in [3.05, 3.63) is 94.5 Å². The standard InChI is InChI=1S/C24H27N3O4/c25-23-11-12-27(24(28)26-23)21-16-31-22(17-30-14-19-9-5-2-6-10-19)20(21)15-29-13-18-7-3-1-4-8-18/h1-12,20-22H,13-17H2,(H2,25,26,28)/t20-,21+,22+/m1/s1. The second-order valence-electron chi connectivity index (χ2n) is 7.65. The zero-order chi connectivity index (χ0) is 21.5. The molecule has 1 saturated heterocycles. The number of benzene rings is 2. The average Bonchev–Trinajstić information content (AvgIpc) is 3.18. The summed E-state index contributed by atoms with van der Waals surface area (Å²) >= 11 is 0. The zero-order valence-corrected chi connectivity index (χ0v) is 17.3. The Bertz CT molecular complexity index is 1010. The molecule has 7 nitrogen and oxygen atoms in total. The fourth-order valence-electron chi connectivity index (χ4n) is 3.83. The molecule has 3 atom stereocenters. The quantitative estimate of drug-likeness (QED) is 0.572. The molecule has 0 unspecified atom stereocenters. The summed E-state index contributed by atoms with van der Waals surface area (Å²) in [5.74, 6) is 0.155. The van der Waals surface area contributed by atoms with E-state index in [-0.39, 0.29) is 29.6 Å². The number of nitrogens with zero attached hydrogens (tertiary/aromatic N) is 2. The van der Waals surface area contributed by atoms with E-state index >= 15 is 0 Å². The van der Waals surface area contributed by atoms with Crippen molar-refractivity contribution in [2.45, 2.75) is 25.4 Å². The van der Waals surface area contributed by atoms with Gasteiger partial charge in [0.05, 0.1) is 45.2 Å². The highest BCUT2D eigenvalue weighted by molar-refractivity contribution is 5.23. The van der Waals surface area contributed by atoms with Crippen molar-refractivity contribution in [2.75, 3.05) is 25.6 Å². The first-order chi connectivity index (χ1) is 15.2. The minimum atomic E-state index is -0.382. The van der Waals surface area contributed by atoms with Crippen LogP contribution in [0.3, 0.4) is 0 Å². The fraction of sp³-hybridized carbons (Fsp3) is 0.333. The van der Waals surface area contributed by atoms with Gasteiger partial charge in [0, 0.05) is 12.1 Å². The molecule has 31 heavy (non-hydrogen) atoms. The zero-order valence-electron chi connectivity index (χ0n) is 17.3. The van der Waals surface area contributed by atoms with Crippen molar-refractivity contribution in [1.29, 1.82) is 0 Å². The van der Waals surface area contributed by atoms with Crippen LogP contribution in [0.15, 0.2) is 77.7 Å². The summed E-state index contributed by atoms with van der Waals surface area (Å²) in [6.45, 7) is 2.25. The van der Waals surface area contributed by atoms with Gasteiger partial charge < -0.3 is 19.9 Å². The van der Waals surface area contributed by atoms with Crippen LogP contribution in [-0.2, 0) is 27.4 Å². The highest BCUT2D eigenvalue weighted by Gasteiger charge is 2.39. The van der Waals surface area contributed by atoms with Gasteiger partial charge in [-0.3, -0.25) is 4.57 Å². The van der Waals surface area contributed by atoms with Crippen molar-refractivity contribution in [3.63, 3.8) is 0 Å². The minimum absolute atomic E-state index is 0.0531. The lowest BCUT2D eigenvalue weighted by Gasteiger charge is -2.24. The van der Waals surface area contributed by atoms with Gasteiger partial charge in [-0.05, 0) is 17.2 Å². The normalized spacial score (nSPS) is 20.7. The molecule has 2 N–H and O–H groups in total. The van der Waals surface area contributed by atoms with Gasteiger partial charge in [-0.1, -0.05) is 60.7 Å². The molecule has 4 rings (SSSR count). The molecular weight excluding hydrogens is 394 g/mol. The van der Waals surface area contributed by atoms with E-state index in [0.717, 1.165) is 11.1 Å². The van der Waals surface area contributed by atoms with Crippen molar-refractivity contribution >= 4 is 5.82 Å². The van der Waals surface area contributed by atoms with E-state index in [1.807, 2.05) is 60.7 Å². The molecule has 0 amide bonds. The van der Waals surface area contributed by atoms with E-state index in [1.165, 1.54) is 0 Å². The van der Waals surface area contributed by atoms with E-state index in [0.29, 0.717) is 33.0 Å². The molecule has 0 saturated carbocycles. The Hall–Kier alpha value is -3.00. The smallest absolute Gasteiger partial charge is 0.349 e. The summed E-state index contributed by atoms with van der Waals surface area (Å²) in [6, 6.07) is 21.4. The van der Waals surface area contributed by atoms with E-state index in [9.17, 15) is 4.79 Å². The summed E-state index contributed by atoms with van der Waals surface area (Å²) in [6.07, 6.45) is 1.49. The molecule has 3 aromatic rings. The average molecular weight is 421 g/mol. The van der Waals surface area contributed by atoms with Crippen molar-refractivity contribution in [2.24, 2.45) is 5.92 Å². The van der Waals surface area contributed by atoms with Gasteiger partial charge in [-0.15, -0.1) is 0 Å². The third kappa shape index (κ3) is 5.58. The SMILES string of the molecule is Nc1ccn([C@H]2CO[C@@H](COCc3ccccc3)[C@@H]2COCc2ccccc2)c(=O)n1. The summed E-state index contributed by atoms with van der Waals surface area (Å²) in [4.78, 5) is 16.3. The lowest BCUT2D eigenvalue weighted by Crippen LogP contribution is -2.35. The molecule has 7 heteroatoms. The number of rotatable bonds is 9. The number of ether oxygens (including phenoxy) is 3. The van der Waals surface area contributed by atoms with Crippen LogP contribution in [0.5, 0.6) is 0 Å². The van der Waals surface area contributed by atoms with Crippen LogP contribution in [-0.4, -0.2) is 35.5 Å². The van der Waals surface area contributed by atoms with Crippen LogP contribution < -0.4 is 11.4 Å². The van der Waals surface area contributed by atoms with E-state index < -0.39 is 0 Å². The van der Waals surface area contributed by atoms with Crippen molar-refractivity contribution < 1.29 is 14.2 Å². The topological polar surface area (TPSA) is 88.6 Å². The molecule has 1 fully saturated rings. The maximum atomic E-state index is 12.4. The molecule has 2 aromatic carbocycles. The lowest BCUT2D eigenvalue weighted by atomic mass is 9.98. The largest absolute Gasteiger partial charge is 0.383 e. The summed E-state index contributed by atoms with van der Waals surface area (Å²) < 4.78 is 19.6. The summed E-state index contributed by atoms with van der Waals surface area (Å²) in [5.41, 5.74) is 7.47. The molecule has 1 aromatic heterocycles. The Balaban J connectivity index is 1.43. The van der Waals surface area contributed by atoms with Crippen LogP contribution in [0.4, 0.5) is 5.82 Å². The summed E-state index contributed by atoms with van der Waals surface area (Å²) in [5, 5.41) is 0. The van der Waals surface area contributed by atoms with Crippen molar-refractivity contribution in [3.8, 4) is 0 Å². The Morgan fingerprint density at radius 1 is 0.935 bits per heavy atom. The first-order valence-corrected chi connectivity index (χ1v) is 10.4. The first kappa shape index (κ1) is 21.2. The molecule has 2 heterocycles. The predicted octanol–water partition coefficient (Wildman–Crippen LogP) is 2.82. The molecule has 1 aliphatic heterocycles. The highest BCUT2D eigenvalue weighted by Crippen LogP contribution is 2.31. The number of hydrogen-bond donors (Lipinski definition) is 1. The number of aromatic nitrogens is 2. The Morgan fingerprint density at radius 3 is 2.16 bits per heavy atom. The van der Waals surface area contributed by atoms with Crippen LogP contribution in [0.2, 0.25) is 0 Å². The number of nitrogens with two attached hydrogens (primary N) is 1.